The monoisotopic (exact) mass is 399 g/mol. The molecule has 1 unspecified atom stereocenters. The minimum absolute atomic E-state index is 0.176. The molecule has 1 aliphatic rings. The third kappa shape index (κ3) is 4.51. The average Bonchev–Trinajstić information content (AvgIpc) is 2.74. The molecule has 0 saturated heterocycles. The van der Waals surface area contributed by atoms with Crippen LogP contribution < -0.4 is 9.47 Å². The van der Waals surface area contributed by atoms with Crippen LogP contribution in [-0.2, 0) is 22.5 Å². The van der Waals surface area contributed by atoms with Crippen LogP contribution in [0.2, 0.25) is 0 Å². The Hall–Kier alpha value is -3.06. The van der Waals surface area contributed by atoms with Gasteiger partial charge >= 0.3 is 11.9 Å². The Kier molecular flexibility index (Phi) is 6.39. The molecule has 1 aliphatic heterocycles. The number of esters is 1. The number of carboxylic acids is 1. The van der Waals surface area contributed by atoms with Gasteiger partial charge in [-0.2, -0.15) is 0 Å². The maximum absolute atomic E-state index is 12.1. The molecule has 0 amide bonds. The van der Waals surface area contributed by atoms with E-state index in [1.165, 1.54) is 7.11 Å². The molecule has 7 heteroatoms. The summed E-state index contributed by atoms with van der Waals surface area (Å²) < 4.78 is 15.8. The maximum Gasteiger partial charge on any atom is 0.335 e. The highest BCUT2D eigenvalue weighted by Crippen LogP contribution is 2.40. The number of rotatable bonds is 7. The molecule has 0 aliphatic carbocycles. The topological polar surface area (TPSA) is 85.3 Å². The molecule has 0 saturated carbocycles. The predicted octanol–water partition coefficient (Wildman–Crippen LogP) is 3.06. The molecule has 0 fully saturated rings. The molecule has 29 heavy (non-hydrogen) atoms. The summed E-state index contributed by atoms with van der Waals surface area (Å²) in [5.41, 5.74) is 3.37. The third-order valence-electron chi connectivity index (χ3n) is 5.29. The van der Waals surface area contributed by atoms with Gasteiger partial charge in [0.05, 0.1) is 33.3 Å². The Morgan fingerprint density at radius 2 is 1.72 bits per heavy atom. The first-order valence-electron chi connectivity index (χ1n) is 9.34. The lowest BCUT2D eigenvalue weighted by atomic mass is 9.89. The summed E-state index contributed by atoms with van der Waals surface area (Å²) in [5, 5.41) is 9.08. The Morgan fingerprint density at radius 1 is 1.07 bits per heavy atom. The number of benzene rings is 2. The van der Waals surface area contributed by atoms with Crippen molar-refractivity contribution in [1.82, 2.24) is 4.90 Å². The van der Waals surface area contributed by atoms with Crippen molar-refractivity contribution in [3.05, 3.63) is 58.7 Å². The first-order valence-corrected chi connectivity index (χ1v) is 9.34. The van der Waals surface area contributed by atoms with Crippen LogP contribution in [0.1, 0.15) is 39.5 Å². The molecule has 1 heterocycles. The van der Waals surface area contributed by atoms with Gasteiger partial charge in [-0.05, 0) is 47.4 Å². The molecule has 2 aromatic rings. The number of fused-ring (bicyclic) bond motifs is 1. The summed E-state index contributed by atoms with van der Waals surface area (Å²) in [5.74, 6) is 0.0477. The first kappa shape index (κ1) is 20.7. The Balaban J connectivity index is 1.93. The van der Waals surface area contributed by atoms with E-state index in [9.17, 15) is 9.59 Å². The minimum Gasteiger partial charge on any atom is -0.493 e. The van der Waals surface area contributed by atoms with Gasteiger partial charge in [-0.1, -0.05) is 12.1 Å². The van der Waals surface area contributed by atoms with Crippen LogP contribution in [0.5, 0.6) is 11.5 Å². The van der Waals surface area contributed by atoms with Crippen LogP contribution in [0.3, 0.4) is 0 Å². The third-order valence-corrected chi connectivity index (χ3v) is 5.29. The predicted molar refractivity (Wildman–Crippen MR) is 106 cm³/mol. The van der Waals surface area contributed by atoms with Crippen molar-refractivity contribution in [2.75, 3.05) is 27.9 Å². The average molecular weight is 399 g/mol. The van der Waals surface area contributed by atoms with Crippen molar-refractivity contribution in [3.63, 3.8) is 0 Å². The zero-order valence-electron chi connectivity index (χ0n) is 16.8. The molecular weight excluding hydrogens is 374 g/mol. The second kappa shape index (κ2) is 8.96. The van der Waals surface area contributed by atoms with E-state index in [-0.39, 0.29) is 24.0 Å². The standard InChI is InChI=1S/C22H25NO6/c1-27-19-10-16-8-9-23(13-14-4-6-15(7-5-14)22(25)26)18(12-21(24)29-3)17(16)11-20(19)28-2/h4-7,10-11,18H,8-9,12-13H2,1-3H3,(H,25,26). The molecule has 3 rings (SSSR count). The second-order valence-electron chi connectivity index (χ2n) is 6.92. The van der Waals surface area contributed by atoms with E-state index < -0.39 is 5.97 Å². The Morgan fingerprint density at radius 3 is 2.31 bits per heavy atom. The molecule has 154 valence electrons. The van der Waals surface area contributed by atoms with Gasteiger partial charge in [-0.25, -0.2) is 4.79 Å². The van der Waals surface area contributed by atoms with Gasteiger partial charge in [-0.15, -0.1) is 0 Å². The van der Waals surface area contributed by atoms with Crippen molar-refractivity contribution in [3.8, 4) is 11.5 Å². The zero-order chi connectivity index (χ0) is 21.0. The number of carbonyl (C=O) groups is 2. The van der Waals surface area contributed by atoms with Crippen molar-refractivity contribution >= 4 is 11.9 Å². The van der Waals surface area contributed by atoms with Crippen molar-refractivity contribution < 1.29 is 28.9 Å². The molecule has 1 N–H and O–H groups in total. The number of nitrogens with zero attached hydrogens (tertiary/aromatic N) is 1. The second-order valence-corrected chi connectivity index (χ2v) is 6.92. The molecule has 0 aromatic heterocycles. The van der Waals surface area contributed by atoms with Gasteiger partial charge in [0.2, 0.25) is 0 Å². The van der Waals surface area contributed by atoms with Gasteiger partial charge in [-0.3, -0.25) is 9.69 Å². The van der Waals surface area contributed by atoms with Crippen LogP contribution in [0.15, 0.2) is 36.4 Å². The summed E-state index contributed by atoms with van der Waals surface area (Å²) in [7, 11) is 4.58. The smallest absolute Gasteiger partial charge is 0.335 e. The van der Waals surface area contributed by atoms with Gasteiger partial charge in [0, 0.05) is 19.1 Å². The largest absolute Gasteiger partial charge is 0.493 e. The van der Waals surface area contributed by atoms with Crippen molar-refractivity contribution in [2.45, 2.75) is 25.4 Å². The van der Waals surface area contributed by atoms with Crippen LogP contribution in [0.25, 0.3) is 0 Å². The molecule has 0 bridgehead atoms. The fraction of sp³-hybridized carbons (Fsp3) is 0.364. The lowest BCUT2D eigenvalue weighted by Gasteiger charge is -2.37. The molecular formula is C22H25NO6. The molecule has 1 atom stereocenters. The summed E-state index contributed by atoms with van der Waals surface area (Å²) in [6, 6.07) is 10.5. The lowest BCUT2D eigenvalue weighted by Crippen LogP contribution is -2.36. The highest BCUT2D eigenvalue weighted by Gasteiger charge is 2.31. The Bertz CT molecular complexity index is 893. The molecule has 0 spiro atoms. The summed E-state index contributed by atoms with van der Waals surface area (Å²) in [6.45, 7) is 1.35. The first-order chi connectivity index (χ1) is 14.0. The number of methoxy groups -OCH3 is 3. The van der Waals surface area contributed by atoms with Crippen LogP contribution in [0.4, 0.5) is 0 Å². The number of hydrogen-bond acceptors (Lipinski definition) is 6. The highest BCUT2D eigenvalue weighted by molar-refractivity contribution is 5.87. The molecule has 2 aromatic carbocycles. The number of hydrogen-bond donors (Lipinski definition) is 1. The highest BCUT2D eigenvalue weighted by atomic mass is 16.5. The van der Waals surface area contributed by atoms with Crippen molar-refractivity contribution in [1.29, 1.82) is 0 Å². The van der Waals surface area contributed by atoms with Gasteiger partial charge in [0.15, 0.2) is 11.5 Å². The van der Waals surface area contributed by atoms with Gasteiger partial charge in [0.25, 0.3) is 0 Å². The summed E-state index contributed by atoms with van der Waals surface area (Å²) >= 11 is 0. The number of aromatic carboxylic acids is 1. The van der Waals surface area contributed by atoms with E-state index in [1.54, 1.807) is 26.4 Å². The van der Waals surface area contributed by atoms with E-state index in [0.29, 0.717) is 18.0 Å². The Labute approximate surface area is 169 Å². The number of carboxylic acid groups (broad SMARTS) is 1. The van der Waals surface area contributed by atoms with E-state index in [0.717, 1.165) is 29.7 Å². The fourth-order valence-corrected chi connectivity index (χ4v) is 3.74. The summed E-state index contributed by atoms with van der Waals surface area (Å²) in [6.07, 6.45) is 1.02. The van der Waals surface area contributed by atoms with Gasteiger partial charge < -0.3 is 19.3 Å². The van der Waals surface area contributed by atoms with E-state index in [2.05, 4.69) is 4.90 Å². The van der Waals surface area contributed by atoms with Crippen LogP contribution in [0, 0.1) is 0 Å². The van der Waals surface area contributed by atoms with E-state index >= 15 is 0 Å². The minimum atomic E-state index is -0.951. The molecule has 7 nitrogen and oxygen atoms in total. The molecule has 0 radical (unpaired) electrons. The number of ether oxygens (including phenoxy) is 3. The van der Waals surface area contributed by atoms with Crippen LogP contribution >= 0.6 is 0 Å². The SMILES string of the molecule is COC(=O)CC1c2cc(OC)c(OC)cc2CCN1Cc1ccc(C(=O)O)cc1. The fourth-order valence-electron chi connectivity index (χ4n) is 3.74. The summed E-state index contributed by atoms with van der Waals surface area (Å²) in [4.78, 5) is 25.4. The van der Waals surface area contributed by atoms with E-state index in [4.69, 9.17) is 19.3 Å². The number of carbonyl (C=O) groups excluding carboxylic acids is 1. The van der Waals surface area contributed by atoms with Gasteiger partial charge in [0.1, 0.15) is 0 Å². The zero-order valence-corrected chi connectivity index (χ0v) is 16.8. The normalized spacial score (nSPS) is 16.0. The lowest BCUT2D eigenvalue weighted by molar-refractivity contribution is -0.142. The quantitative estimate of drug-likeness (QED) is 0.716. The van der Waals surface area contributed by atoms with Crippen LogP contribution in [-0.4, -0.2) is 49.8 Å². The van der Waals surface area contributed by atoms with E-state index in [1.807, 2.05) is 24.3 Å². The maximum atomic E-state index is 12.1. The van der Waals surface area contributed by atoms with Crippen molar-refractivity contribution in [2.24, 2.45) is 0 Å².